The van der Waals surface area contributed by atoms with Gasteiger partial charge >= 0.3 is 0 Å². The molecular formula is C12H22N2O4. The molecule has 6 nitrogen and oxygen atoms in total. The molecular weight excluding hydrogens is 236 g/mol. The van der Waals surface area contributed by atoms with Crippen LogP contribution in [0.25, 0.3) is 0 Å². The molecule has 6 heteroatoms. The second kappa shape index (κ2) is 6.47. The normalized spacial score (nSPS) is 23.6. The lowest BCUT2D eigenvalue weighted by Crippen LogP contribution is -2.42. The largest absolute Gasteiger partial charge is 0.370 e. The number of hydrogen-bond acceptors (Lipinski definition) is 5. The Hall–Kier alpha value is -0.690. The molecule has 2 fully saturated rings. The predicted molar refractivity (Wildman–Crippen MR) is 64.9 cm³/mol. The molecule has 0 atom stereocenters. The standard InChI is InChI=1S/C12H22N2O4/c13-11(15)9-16-6-5-14-10-1-3-12(4-2-10)17-7-8-18-12/h10,14H,1-9H2,(H2,13,15). The number of nitrogens with two attached hydrogens (primary N) is 1. The van der Waals surface area contributed by atoms with E-state index in [0.29, 0.717) is 12.6 Å². The minimum Gasteiger partial charge on any atom is -0.370 e. The minimum atomic E-state index is -0.426. The molecule has 1 saturated carbocycles. The molecule has 1 aliphatic carbocycles. The van der Waals surface area contributed by atoms with Crippen molar-refractivity contribution in [2.75, 3.05) is 33.0 Å². The molecule has 2 aliphatic rings. The summed E-state index contributed by atoms with van der Waals surface area (Å²) in [6.07, 6.45) is 4.01. The molecule has 1 saturated heterocycles. The zero-order valence-electron chi connectivity index (χ0n) is 10.7. The summed E-state index contributed by atoms with van der Waals surface area (Å²) in [7, 11) is 0. The van der Waals surface area contributed by atoms with Crippen molar-refractivity contribution in [3.8, 4) is 0 Å². The average molecular weight is 258 g/mol. The van der Waals surface area contributed by atoms with E-state index in [-0.39, 0.29) is 12.4 Å². The fraction of sp³-hybridized carbons (Fsp3) is 0.917. The van der Waals surface area contributed by atoms with Crippen molar-refractivity contribution in [2.24, 2.45) is 5.73 Å². The number of ether oxygens (including phenoxy) is 3. The van der Waals surface area contributed by atoms with Gasteiger partial charge in [-0.25, -0.2) is 0 Å². The number of rotatable bonds is 6. The maximum Gasteiger partial charge on any atom is 0.243 e. The van der Waals surface area contributed by atoms with Gasteiger partial charge in [-0.05, 0) is 12.8 Å². The first kappa shape index (κ1) is 13.7. The van der Waals surface area contributed by atoms with Crippen molar-refractivity contribution < 1.29 is 19.0 Å². The van der Waals surface area contributed by atoms with Crippen molar-refractivity contribution >= 4 is 5.91 Å². The van der Waals surface area contributed by atoms with E-state index in [1.165, 1.54) is 0 Å². The topological polar surface area (TPSA) is 82.8 Å². The third-order valence-electron chi connectivity index (χ3n) is 3.48. The van der Waals surface area contributed by atoms with Crippen LogP contribution in [0.1, 0.15) is 25.7 Å². The molecule has 0 aromatic rings. The molecule has 18 heavy (non-hydrogen) atoms. The van der Waals surface area contributed by atoms with Gasteiger partial charge in [0, 0.05) is 25.4 Å². The molecule has 0 unspecified atom stereocenters. The van der Waals surface area contributed by atoms with E-state index >= 15 is 0 Å². The molecule has 2 rings (SSSR count). The molecule has 0 aromatic carbocycles. The van der Waals surface area contributed by atoms with Gasteiger partial charge in [0.15, 0.2) is 5.79 Å². The van der Waals surface area contributed by atoms with Crippen molar-refractivity contribution in [2.45, 2.75) is 37.5 Å². The SMILES string of the molecule is NC(=O)COCCNC1CCC2(CC1)OCCO2. The van der Waals surface area contributed by atoms with E-state index < -0.39 is 5.91 Å². The molecule has 0 aromatic heterocycles. The Morgan fingerprint density at radius 3 is 2.61 bits per heavy atom. The average Bonchev–Trinajstić information content (AvgIpc) is 2.80. The number of amides is 1. The van der Waals surface area contributed by atoms with Gasteiger partial charge in [0.25, 0.3) is 0 Å². The fourth-order valence-electron chi connectivity index (χ4n) is 2.56. The molecule has 0 bridgehead atoms. The van der Waals surface area contributed by atoms with Crippen LogP contribution in [0.4, 0.5) is 0 Å². The van der Waals surface area contributed by atoms with E-state index in [1.54, 1.807) is 0 Å². The second-order valence-corrected chi connectivity index (χ2v) is 4.85. The highest BCUT2D eigenvalue weighted by molar-refractivity contribution is 5.74. The monoisotopic (exact) mass is 258 g/mol. The first-order valence-corrected chi connectivity index (χ1v) is 6.58. The van der Waals surface area contributed by atoms with Crippen molar-refractivity contribution in [3.63, 3.8) is 0 Å². The summed E-state index contributed by atoms with van der Waals surface area (Å²) in [5.74, 6) is -0.717. The molecule has 1 aliphatic heterocycles. The van der Waals surface area contributed by atoms with Crippen molar-refractivity contribution in [1.82, 2.24) is 5.32 Å². The van der Waals surface area contributed by atoms with Crippen LogP contribution >= 0.6 is 0 Å². The molecule has 104 valence electrons. The molecule has 3 N–H and O–H groups in total. The summed E-state index contributed by atoms with van der Waals surface area (Å²) in [5, 5.41) is 3.41. The lowest BCUT2D eigenvalue weighted by molar-refractivity contribution is -0.179. The summed E-state index contributed by atoms with van der Waals surface area (Å²) < 4.78 is 16.4. The fourth-order valence-corrected chi connectivity index (χ4v) is 2.56. The van der Waals surface area contributed by atoms with Crippen LogP contribution in [0.15, 0.2) is 0 Å². The number of primary amides is 1. The van der Waals surface area contributed by atoms with Crippen LogP contribution in [0, 0.1) is 0 Å². The molecule has 1 amide bonds. The molecule has 1 spiro atoms. The number of nitrogens with one attached hydrogen (secondary N) is 1. The Bertz CT molecular complexity index is 269. The van der Waals surface area contributed by atoms with E-state index in [2.05, 4.69) is 5.32 Å². The van der Waals surface area contributed by atoms with E-state index in [1.807, 2.05) is 0 Å². The third-order valence-corrected chi connectivity index (χ3v) is 3.48. The minimum absolute atomic E-state index is 0.00284. The maximum atomic E-state index is 10.5. The van der Waals surface area contributed by atoms with Crippen LogP contribution in [-0.4, -0.2) is 50.7 Å². The van der Waals surface area contributed by atoms with Crippen LogP contribution < -0.4 is 11.1 Å². The molecule has 0 radical (unpaired) electrons. The van der Waals surface area contributed by atoms with Crippen LogP contribution in [-0.2, 0) is 19.0 Å². The van der Waals surface area contributed by atoms with Gasteiger partial charge in [0.05, 0.1) is 19.8 Å². The molecule has 1 heterocycles. The Morgan fingerprint density at radius 1 is 1.33 bits per heavy atom. The third kappa shape index (κ3) is 3.91. The van der Waals surface area contributed by atoms with Gasteiger partial charge in [-0.15, -0.1) is 0 Å². The smallest absolute Gasteiger partial charge is 0.243 e. The van der Waals surface area contributed by atoms with Gasteiger partial charge in [-0.2, -0.15) is 0 Å². The number of hydrogen-bond donors (Lipinski definition) is 2. The van der Waals surface area contributed by atoms with Crippen molar-refractivity contribution in [3.05, 3.63) is 0 Å². The summed E-state index contributed by atoms with van der Waals surface area (Å²) in [4.78, 5) is 10.5. The van der Waals surface area contributed by atoms with Crippen molar-refractivity contribution in [1.29, 1.82) is 0 Å². The second-order valence-electron chi connectivity index (χ2n) is 4.85. The quantitative estimate of drug-likeness (QED) is 0.643. The van der Waals surface area contributed by atoms with Gasteiger partial charge in [-0.1, -0.05) is 0 Å². The predicted octanol–water partition coefficient (Wildman–Crippen LogP) is -0.236. The highest BCUT2D eigenvalue weighted by atomic mass is 16.7. The van der Waals surface area contributed by atoms with Crippen LogP contribution in [0.3, 0.4) is 0 Å². The lowest BCUT2D eigenvalue weighted by Gasteiger charge is -2.35. The summed E-state index contributed by atoms with van der Waals surface area (Å²) in [6.45, 7) is 2.69. The Balaban J connectivity index is 1.55. The Kier molecular flexibility index (Phi) is 4.94. The zero-order chi connectivity index (χ0) is 12.8. The van der Waals surface area contributed by atoms with Crippen LogP contribution in [0.5, 0.6) is 0 Å². The highest BCUT2D eigenvalue weighted by Gasteiger charge is 2.39. The van der Waals surface area contributed by atoms with Gasteiger partial charge in [0.1, 0.15) is 6.61 Å². The van der Waals surface area contributed by atoms with Gasteiger partial charge < -0.3 is 25.3 Å². The maximum absolute atomic E-state index is 10.5. The summed E-state index contributed by atoms with van der Waals surface area (Å²) in [5.41, 5.74) is 4.97. The zero-order valence-corrected chi connectivity index (χ0v) is 10.7. The van der Waals surface area contributed by atoms with Crippen LogP contribution in [0.2, 0.25) is 0 Å². The van der Waals surface area contributed by atoms with Gasteiger partial charge in [0.2, 0.25) is 5.91 Å². The highest BCUT2D eigenvalue weighted by Crippen LogP contribution is 2.35. The Labute approximate surface area is 107 Å². The first-order valence-electron chi connectivity index (χ1n) is 6.58. The Morgan fingerprint density at radius 2 is 2.00 bits per heavy atom. The first-order chi connectivity index (χ1) is 8.70. The van der Waals surface area contributed by atoms with E-state index in [0.717, 1.165) is 45.4 Å². The van der Waals surface area contributed by atoms with E-state index in [9.17, 15) is 4.79 Å². The number of carbonyl (C=O) groups excluding carboxylic acids is 1. The van der Waals surface area contributed by atoms with E-state index in [4.69, 9.17) is 19.9 Å². The van der Waals surface area contributed by atoms with Gasteiger partial charge in [-0.3, -0.25) is 4.79 Å². The summed E-state index contributed by atoms with van der Waals surface area (Å²) >= 11 is 0. The number of carbonyl (C=O) groups is 1. The lowest BCUT2D eigenvalue weighted by atomic mass is 9.90. The summed E-state index contributed by atoms with van der Waals surface area (Å²) in [6, 6.07) is 0.487.